The zero-order valence-corrected chi connectivity index (χ0v) is 9.75. The maximum Gasteiger partial charge on any atom is 0.252 e. The highest BCUT2D eigenvalue weighted by Crippen LogP contribution is 2.34. The van der Waals surface area contributed by atoms with E-state index in [1.165, 1.54) is 4.90 Å². The molecule has 1 aromatic carbocycles. The third-order valence-corrected chi connectivity index (χ3v) is 2.95. The summed E-state index contributed by atoms with van der Waals surface area (Å²) in [5, 5.41) is 3.26. The van der Waals surface area contributed by atoms with Gasteiger partial charge in [0.25, 0.3) is 5.91 Å². The first-order valence-electron chi connectivity index (χ1n) is 5.26. The summed E-state index contributed by atoms with van der Waals surface area (Å²) < 4.78 is 10.9. The molecule has 88 valence electrons. The number of hydrogen-bond acceptors (Lipinski definition) is 4. The number of rotatable bonds is 1. The molecule has 0 unspecified atom stereocenters. The van der Waals surface area contributed by atoms with Crippen molar-refractivity contribution in [2.75, 3.05) is 24.7 Å². The number of benzene rings is 1. The fraction of sp³-hybridized carbons (Fsp3) is 0.273. The summed E-state index contributed by atoms with van der Waals surface area (Å²) in [4.78, 5) is 13.1. The Hall–Kier alpha value is -1.82. The number of amides is 1. The van der Waals surface area contributed by atoms with Gasteiger partial charge in [-0.2, -0.15) is 0 Å². The Labute approximate surface area is 103 Å². The number of hydrogen-bond donors (Lipinski definition) is 1. The largest absolute Gasteiger partial charge is 0.486 e. The van der Waals surface area contributed by atoms with Crippen molar-refractivity contribution < 1.29 is 14.3 Å². The molecule has 0 saturated carbocycles. The van der Waals surface area contributed by atoms with Gasteiger partial charge in [0.2, 0.25) is 0 Å². The van der Waals surface area contributed by atoms with E-state index in [2.05, 4.69) is 5.32 Å². The molecule has 6 heteroatoms. The van der Waals surface area contributed by atoms with Gasteiger partial charge in [0.1, 0.15) is 13.2 Å². The quantitative estimate of drug-likeness (QED) is 0.743. The molecular formula is C11H10N2O3S. The van der Waals surface area contributed by atoms with Crippen LogP contribution in [0.15, 0.2) is 18.2 Å². The molecule has 3 rings (SSSR count). The smallest absolute Gasteiger partial charge is 0.252 e. The van der Waals surface area contributed by atoms with Gasteiger partial charge in [-0.1, -0.05) is 0 Å². The molecule has 1 fully saturated rings. The second-order valence-corrected chi connectivity index (χ2v) is 4.10. The second-order valence-electron chi connectivity index (χ2n) is 3.72. The van der Waals surface area contributed by atoms with Crippen LogP contribution in [0.3, 0.4) is 0 Å². The van der Waals surface area contributed by atoms with E-state index in [9.17, 15) is 4.79 Å². The zero-order chi connectivity index (χ0) is 11.8. The number of nitrogens with one attached hydrogen (secondary N) is 1. The molecule has 0 aliphatic carbocycles. The van der Waals surface area contributed by atoms with Gasteiger partial charge in [0.15, 0.2) is 16.6 Å². The van der Waals surface area contributed by atoms with Crippen molar-refractivity contribution in [1.82, 2.24) is 5.32 Å². The van der Waals surface area contributed by atoms with E-state index >= 15 is 0 Å². The van der Waals surface area contributed by atoms with Gasteiger partial charge in [-0.15, -0.1) is 0 Å². The lowest BCUT2D eigenvalue weighted by Crippen LogP contribution is -2.30. The van der Waals surface area contributed by atoms with Crippen molar-refractivity contribution in [3.8, 4) is 11.5 Å². The molecule has 17 heavy (non-hydrogen) atoms. The first-order chi connectivity index (χ1) is 8.25. The van der Waals surface area contributed by atoms with Gasteiger partial charge in [-0.3, -0.25) is 9.69 Å². The Morgan fingerprint density at radius 3 is 2.71 bits per heavy atom. The molecule has 1 amide bonds. The number of fused-ring (bicyclic) bond motifs is 1. The minimum Gasteiger partial charge on any atom is -0.486 e. The Morgan fingerprint density at radius 1 is 1.24 bits per heavy atom. The predicted molar refractivity (Wildman–Crippen MR) is 65.5 cm³/mol. The highest BCUT2D eigenvalue weighted by atomic mass is 32.1. The van der Waals surface area contributed by atoms with Crippen LogP contribution in [0.25, 0.3) is 0 Å². The Kier molecular flexibility index (Phi) is 2.36. The molecule has 5 nitrogen and oxygen atoms in total. The molecule has 1 N–H and O–H groups in total. The molecule has 1 saturated heterocycles. The zero-order valence-electron chi connectivity index (χ0n) is 8.93. The maximum atomic E-state index is 11.7. The number of ether oxygens (including phenoxy) is 2. The van der Waals surface area contributed by atoms with Gasteiger partial charge >= 0.3 is 0 Å². The molecule has 1 aromatic rings. The molecule has 0 atom stereocenters. The van der Waals surface area contributed by atoms with Gasteiger partial charge in [0, 0.05) is 6.07 Å². The highest BCUT2D eigenvalue weighted by molar-refractivity contribution is 7.80. The lowest BCUT2D eigenvalue weighted by Gasteiger charge is -2.21. The van der Waals surface area contributed by atoms with E-state index in [0.717, 1.165) is 0 Å². The molecule has 2 aliphatic rings. The van der Waals surface area contributed by atoms with Crippen molar-refractivity contribution in [3.63, 3.8) is 0 Å². The van der Waals surface area contributed by atoms with Gasteiger partial charge in [-0.05, 0) is 24.4 Å². The van der Waals surface area contributed by atoms with Crippen LogP contribution in [0.4, 0.5) is 5.69 Å². The molecular weight excluding hydrogens is 240 g/mol. The van der Waals surface area contributed by atoms with Crippen LogP contribution < -0.4 is 19.7 Å². The van der Waals surface area contributed by atoms with E-state index < -0.39 is 0 Å². The average molecular weight is 250 g/mol. The fourth-order valence-electron chi connectivity index (χ4n) is 1.85. The first kappa shape index (κ1) is 10.3. The van der Waals surface area contributed by atoms with Crippen molar-refractivity contribution in [1.29, 1.82) is 0 Å². The predicted octanol–water partition coefficient (Wildman–Crippen LogP) is 0.679. The van der Waals surface area contributed by atoms with Crippen LogP contribution in [0.5, 0.6) is 11.5 Å². The van der Waals surface area contributed by atoms with Crippen LogP contribution in [0.2, 0.25) is 0 Å². The number of carbonyl (C=O) groups excluding carboxylic acids is 1. The molecule has 2 aliphatic heterocycles. The summed E-state index contributed by atoms with van der Waals surface area (Å²) in [6.45, 7) is 1.31. The van der Waals surface area contributed by atoms with E-state index in [-0.39, 0.29) is 12.5 Å². The van der Waals surface area contributed by atoms with Gasteiger partial charge in [0.05, 0.1) is 12.2 Å². The summed E-state index contributed by atoms with van der Waals surface area (Å²) in [5.41, 5.74) is 0.703. The Bertz CT molecular complexity index is 487. The van der Waals surface area contributed by atoms with Crippen molar-refractivity contribution in [3.05, 3.63) is 18.2 Å². The summed E-state index contributed by atoms with van der Waals surface area (Å²) in [5.74, 6) is 1.29. The third kappa shape index (κ3) is 1.70. The van der Waals surface area contributed by atoms with E-state index in [1.807, 2.05) is 0 Å². The van der Waals surface area contributed by atoms with Gasteiger partial charge in [-0.25, -0.2) is 0 Å². The van der Waals surface area contributed by atoms with Gasteiger partial charge < -0.3 is 14.8 Å². The van der Waals surface area contributed by atoms with Crippen LogP contribution in [0.1, 0.15) is 0 Å². The first-order valence-corrected chi connectivity index (χ1v) is 5.67. The SMILES string of the molecule is O=C1CNC(=S)N1c1ccc2c(c1)OCCO2. The Morgan fingerprint density at radius 2 is 2.00 bits per heavy atom. The summed E-state index contributed by atoms with van der Waals surface area (Å²) >= 11 is 5.08. The molecule has 0 radical (unpaired) electrons. The molecule has 2 heterocycles. The van der Waals surface area contributed by atoms with E-state index in [4.69, 9.17) is 21.7 Å². The fourth-order valence-corrected chi connectivity index (χ4v) is 2.13. The lowest BCUT2D eigenvalue weighted by atomic mass is 10.2. The summed E-state index contributed by atoms with van der Waals surface area (Å²) in [6, 6.07) is 5.36. The summed E-state index contributed by atoms with van der Waals surface area (Å²) in [7, 11) is 0. The lowest BCUT2D eigenvalue weighted by molar-refractivity contribution is -0.115. The van der Waals surface area contributed by atoms with Crippen LogP contribution in [-0.2, 0) is 4.79 Å². The minimum atomic E-state index is -0.0633. The van der Waals surface area contributed by atoms with E-state index in [1.54, 1.807) is 18.2 Å². The number of carbonyl (C=O) groups is 1. The number of anilines is 1. The Balaban J connectivity index is 1.98. The van der Waals surface area contributed by atoms with Crippen LogP contribution >= 0.6 is 12.2 Å². The topological polar surface area (TPSA) is 50.8 Å². The van der Waals surface area contributed by atoms with Crippen molar-refractivity contribution in [2.45, 2.75) is 0 Å². The monoisotopic (exact) mass is 250 g/mol. The van der Waals surface area contributed by atoms with Crippen molar-refractivity contribution in [2.24, 2.45) is 0 Å². The second kappa shape index (κ2) is 3.89. The van der Waals surface area contributed by atoms with E-state index in [0.29, 0.717) is 35.5 Å². The molecule has 0 spiro atoms. The van der Waals surface area contributed by atoms with Crippen LogP contribution in [-0.4, -0.2) is 30.8 Å². The molecule has 0 bridgehead atoms. The average Bonchev–Trinajstić information content (AvgIpc) is 2.68. The van der Waals surface area contributed by atoms with Crippen LogP contribution in [0, 0.1) is 0 Å². The third-order valence-electron chi connectivity index (χ3n) is 2.63. The van der Waals surface area contributed by atoms with Crippen molar-refractivity contribution >= 4 is 28.9 Å². The minimum absolute atomic E-state index is 0.0633. The number of nitrogens with zero attached hydrogens (tertiary/aromatic N) is 1. The normalized spacial score (nSPS) is 18.2. The number of thiocarbonyl (C=S) groups is 1. The standard InChI is InChI=1S/C11H10N2O3S/c14-10-6-12-11(17)13(10)7-1-2-8-9(5-7)16-4-3-15-8/h1-2,5H,3-4,6H2,(H,12,17). The molecule has 0 aromatic heterocycles. The maximum absolute atomic E-state index is 11.7. The highest BCUT2D eigenvalue weighted by Gasteiger charge is 2.27. The summed E-state index contributed by atoms with van der Waals surface area (Å²) in [6.07, 6.45) is 0.